The first-order valence-corrected chi connectivity index (χ1v) is 5.59. The second kappa shape index (κ2) is 5.14. The second-order valence-electron chi connectivity index (χ2n) is 4.02. The average molecular weight is 249 g/mol. The van der Waals surface area contributed by atoms with Crippen LogP contribution in [0.2, 0.25) is 0 Å². The molecule has 0 bridgehead atoms. The predicted octanol–water partition coefficient (Wildman–Crippen LogP) is 2.84. The van der Waals surface area contributed by atoms with Crippen LogP contribution in [0.25, 0.3) is 11.1 Å². The summed E-state index contributed by atoms with van der Waals surface area (Å²) in [7, 11) is 0. The van der Waals surface area contributed by atoms with Crippen LogP contribution in [-0.2, 0) is 6.42 Å². The lowest BCUT2D eigenvalue weighted by Gasteiger charge is -2.08. The Hall–Kier alpha value is -1.94. The van der Waals surface area contributed by atoms with Crippen molar-refractivity contribution in [2.24, 2.45) is 5.73 Å². The summed E-state index contributed by atoms with van der Waals surface area (Å²) in [5.74, 6) is -1.81. The highest BCUT2D eigenvalue weighted by Crippen LogP contribution is 2.31. The van der Waals surface area contributed by atoms with Crippen LogP contribution in [0.4, 0.5) is 8.78 Å². The summed E-state index contributed by atoms with van der Waals surface area (Å²) in [6, 6.07) is 8.55. The zero-order chi connectivity index (χ0) is 13.1. The van der Waals surface area contributed by atoms with Gasteiger partial charge in [-0.25, -0.2) is 8.78 Å². The minimum atomic E-state index is -0.934. The molecular formula is C14H13F2NO. The first-order chi connectivity index (χ1) is 8.61. The van der Waals surface area contributed by atoms with E-state index < -0.39 is 11.6 Å². The summed E-state index contributed by atoms with van der Waals surface area (Å²) in [5, 5.41) is 9.77. The fourth-order valence-corrected chi connectivity index (χ4v) is 1.80. The normalized spacial score (nSPS) is 10.6. The van der Waals surface area contributed by atoms with Crippen molar-refractivity contribution in [1.82, 2.24) is 0 Å². The summed E-state index contributed by atoms with van der Waals surface area (Å²) in [6.07, 6.45) is 0.664. The third-order valence-corrected chi connectivity index (χ3v) is 2.72. The van der Waals surface area contributed by atoms with Gasteiger partial charge in [0.05, 0.1) is 0 Å². The van der Waals surface area contributed by atoms with Crippen molar-refractivity contribution in [2.75, 3.05) is 6.54 Å². The smallest absolute Gasteiger partial charge is 0.159 e. The zero-order valence-corrected chi connectivity index (χ0v) is 9.66. The van der Waals surface area contributed by atoms with Gasteiger partial charge in [-0.15, -0.1) is 0 Å². The zero-order valence-electron chi connectivity index (χ0n) is 9.66. The Morgan fingerprint density at radius 1 is 1.00 bits per heavy atom. The molecule has 2 aromatic rings. The highest BCUT2D eigenvalue weighted by Gasteiger charge is 2.09. The van der Waals surface area contributed by atoms with Crippen molar-refractivity contribution in [3.8, 4) is 16.9 Å². The van der Waals surface area contributed by atoms with Gasteiger partial charge < -0.3 is 10.8 Å². The van der Waals surface area contributed by atoms with Gasteiger partial charge in [-0.3, -0.25) is 0 Å². The third-order valence-electron chi connectivity index (χ3n) is 2.72. The van der Waals surface area contributed by atoms with Crippen LogP contribution >= 0.6 is 0 Å². The molecule has 2 nitrogen and oxygen atoms in total. The fraction of sp³-hybridized carbons (Fsp3) is 0.143. The first kappa shape index (κ1) is 12.5. The molecule has 0 aromatic heterocycles. The maximum absolute atomic E-state index is 13.2. The lowest BCUT2D eigenvalue weighted by atomic mass is 10.0. The number of hydrogen-bond acceptors (Lipinski definition) is 2. The van der Waals surface area contributed by atoms with Crippen molar-refractivity contribution in [2.45, 2.75) is 6.42 Å². The number of hydrogen-bond donors (Lipinski definition) is 2. The van der Waals surface area contributed by atoms with Gasteiger partial charge in [-0.1, -0.05) is 12.1 Å². The van der Waals surface area contributed by atoms with Gasteiger partial charge in [0.25, 0.3) is 0 Å². The number of phenols is 1. The second-order valence-corrected chi connectivity index (χ2v) is 4.02. The number of phenolic OH excluding ortho intramolecular Hbond substituents is 1. The number of halogens is 2. The highest BCUT2D eigenvalue weighted by atomic mass is 19.2. The molecule has 0 radical (unpaired) electrons. The van der Waals surface area contributed by atoms with Crippen molar-refractivity contribution < 1.29 is 13.9 Å². The predicted molar refractivity (Wildman–Crippen MR) is 66.2 cm³/mol. The van der Waals surface area contributed by atoms with Gasteiger partial charge in [-0.2, -0.15) is 0 Å². The van der Waals surface area contributed by atoms with E-state index in [4.69, 9.17) is 5.73 Å². The summed E-state index contributed by atoms with van der Waals surface area (Å²) < 4.78 is 26.0. The van der Waals surface area contributed by atoms with E-state index in [1.807, 2.05) is 0 Å². The summed E-state index contributed by atoms with van der Waals surface area (Å²) >= 11 is 0. The molecule has 0 aliphatic carbocycles. The summed E-state index contributed by atoms with van der Waals surface area (Å²) in [6.45, 7) is 0.488. The number of rotatable bonds is 3. The molecule has 0 unspecified atom stereocenters. The Labute approximate surface area is 104 Å². The lowest BCUT2D eigenvalue weighted by Crippen LogP contribution is -2.02. The topological polar surface area (TPSA) is 46.2 Å². The molecule has 0 atom stereocenters. The molecule has 94 valence electrons. The molecule has 0 amide bonds. The van der Waals surface area contributed by atoms with Crippen molar-refractivity contribution in [3.05, 3.63) is 53.6 Å². The molecule has 0 heterocycles. The summed E-state index contributed by atoms with van der Waals surface area (Å²) in [4.78, 5) is 0. The van der Waals surface area contributed by atoms with Gasteiger partial charge >= 0.3 is 0 Å². The Kier molecular flexibility index (Phi) is 3.58. The Morgan fingerprint density at radius 3 is 2.44 bits per heavy atom. The Bertz CT molecular complexity index is 570. The van der Waals surface area contributed by atoms with Gasteiger partial charge in [-0.05, 0) is 48.4 Å². The van der Waals surface area contributed by atoms with Gasteiger partial charge in [0.15, 0.2) is 11.6 Å². The van der Waals surface area contributed by atoms with Crippen LogP contribution in [0, 0.1) is 11.6 Å². The van der Waals surface area contributed by atoms with Crippen LogP contribution in [0.15, 0.2) is 36.4 Å². The quantitative estimate of drug-likeness (QED) is 0.878. The van der Waals surface area contributed by atoms with E-state index in [-0.39, 0.29) is 5.75 Å². The number of benzene rings is 2. The van der Waals surface area contributed by atoms with Crippen molar-refractivity contribution in [1.29, 1.82) is 0 Å². The maximum Gasteiger partial charge on any atom is 0.159 e. The molecule has 3 N–H and O–H groups in total. The minimum absolute atomic E-state index is 0.0294. The SMILES string of the molecule is NCCc1ccc(O)c(-c2ccc(F)c(F)c2)c1. The maximum atomic E-state index is 13.2. The van der Waals surface area contributed by atoms with E-state index in [1.54, 1.807) is 12.1 Å². The van der Waals surface area contributed by atoms with Crippen LogP contribution in [0.3, 0.4) is 0 Å². The monoisotopic (exact) mass is 249 g/mol. The highest BCUT2D eigenvalue weighted by molar-refractivity contribution is 5.70. The van der Waals surface area contributed by atoms with Crippen LogP contribution < -0.4 is 5.73 Å². The van der Waals surface area contributed by atoms with Crippen LogP contribution in [-0.4, -0.2) is 11.7 Å². The molecule has 0 aliphatic heterocycles. The minimum Gasteiger partial charge on any atom is -0.507 e. The molecule has 0 aliphatic rings. The van der Waals surface area contributed by atoms with Crippen LogP contribution in [0.1, 0.15) is 5.56 Å². The first-order valence-electron chi connectivity index (χ1n) is 5.59. The van der Waals surface area contributed by atoms with E-state index in [0.29, 0.717) is 24.1 Å². The average Bonchev–Trinajstić information content (AvgIpc) is 2.35. The van der Waals surface area contributed by atoms with Crippen molar-refractivity contribution >= 4 is 0 Å². The molecule has 2 aromatic carbocycles. The molecule has 2 rings (SSSR count). The number of nitrogens with two attached hydrogens (primary N) is 1. The van der Waals surface area contributed by atoms with E-state index in [9.17, 15) is 13.9 Å². The van der Waals surface area contributed by atoms with Crippen molar-refractivity contribution in [3.63, 3.8) is 0 Å². The van der Waals surface area contributed by atoms with Gasteiger partial charge in [0.2, 0.25) is 0 Å². The largest absolute Gasteiger partial charge is 0.507 e. The lowest BCUT2D eigenvalue weighted by molar-refractivity contribution is 0.476. The molecular weight excluding hydrogens is 236 g/mol. The third kappa shape index (κ3) is 2.49. The Morgan fingerprint density at radius 2 is 1.78 bits per heavy atom. The molecule has 0 fully saturated rings. The molecule has 18 heavy (non-hydrogen) atoms. The van der Waals surface area contributed by atoms with Crippen LogP contribution in [0.5, 0.6) is 5.75 Å². The van der Waals surface area contributed by atoms with E-state index in [0.717, 1.165) is 17.7 Å². The van der Waals surface area contributed by atoms with E-state index >= 15 is 0 Å². The van der Waals surface area contributed by atoms with Gasteiger partial charge in [0.1, 0.15) is 5.75 Å². The Balaban J connectivity index is 2.48. The van der Waals surface area contributed by atoms with Gasteiger partial charge in [0, 0.05) is 5.56 Å². The molecule has 0 spiro atoms. The fourth-order valence-electron chi connectivity index (χ4n) is 1.80. The standard InChI is InChI=1S/C14H13F2NO/c15-12-3-2-10(8-13(12)16)11-7-9(5-6-17)1-4-14(11)18/h1-4,7-8,18H,5-6,17H2. The van der Waals surface area contributed by atoms with E-state index in [1.165, 1.54) is 12.1 Å². The molecule has 0 saturated heterocycles. The summed E-state index contributed by atoms with van der Waals surface area (Å²) in [5.41, 5.74) is 7.31. The number of aromatic hydroxyl groups is 1. The van der Waals surface area contributed by atoms with E-state index in [2.05, 4.69) is 0 Å². The molecule has 0 saturated carbocycles. The molecule has 4 heteroatoms.